The molecule has 2 rings (SSSR count). The third-order valence-electron chi connectivity index (χ3n) is 3.54. The van der Waals surface area contributed by atoms with Gasteiger partial charge in [0.15, 0.2) is 6.61 Å². The Kier molecular flexibility index (Phi) is 7.63. The van der Waals surface area contributed by atoms with Gasteiger partial charge >= 0.3 is 12.0 Å². The number of imide groups is 1. The maximum absolute atomic E-state index is 11.9. The second-order valence-corrected chi connectivity index (χ2v) is 5.59. The molecule has 1 heterocycles. The summed E-state index contributed by atoms with van der Waals surface area (Å²) in [5.74, 6) is -0.776. The predicted octanol–water partition coefficient (Wildman–Crippen LogP) is 1.41. The zero-order valence-corrected chi connectivity index (χ0v) is 14.4. The summed E-state index contributed by atoms with van der Waals surface area (Å²) in [4.78, 5) is 34.7. The van der Waals surface area contributed by atoms with Gasteiger partial charge in [-0.25, -0.2) is 9.59 Å². The fraction of sp³-hybridized carbons (Fsp3) is 0.389. The van der Waals surface area contributed by atoms with Crippen molar-refractivity contribution in [1.29, 1.82) is 0 Å². The van der Waals surface area contributed by atoms with E-state index in [1.54, 1.807) is 24.3 Å². The van der Waals surface area contributed by atoms with Crippen LogP contribution in [0, 0.1) is 0 Å². The summed E-state index contributed by atoms with van der Waals surface area (Å²) in [5, 5.41) is 4.40. The molecule has 0 spiro atoms. The van der Waals surface area contributed by atoms with Gasteiger partial charge in [0.25, 0.3) is 5.91 Å². The van der Waals surface area contributed by atoms with E-state index in [1.165, 1.54) is 6.08 Å². The van der Waals surface area contributed by atoms with Crippen molar-refractivity contribution < 1.29 is 28.6 Å². The molecule has 1 saturated heterocycles. The third-order valence-corrected chi connectivity index (χ3v) is 3.54. The van der Waals surface area contributed by atoms with Crippen LogP contribution in [-0.2, 0) is 14.3 Å². The number of carbonyl (C=O) groups excluding carboxylic acids is 3. The predicted molar refractivity (Wildman–Crippen MR) is 92.9 cm³/mol. The number of rotatable bonds is 8. The number of benzene rings is 1. The first-order valence-corrected chi connectivity index (χ1v) is 8.28. The summed E-state index contributed by atoms with van der Waals surface area (Å²) in [6.45, 7) is 4.33. The summed E-state index contributed by atoms with van der Waals surface area (Å²) in [6, 6.07) is 5.70. The van der Waals surface area contributed by atoms with Crippen LogP contribution in [0.2, 0.25) is 0 Å². The van der Waals surface area contributed by atoms with E-state index >= 15 is 0 Å². The molecule has 2 N–H and O–H groups in total. The fourth-order valence-corrected chi connectivity index (χ4v) is 2.24. The van der Waals surface area contributed by atoms with Gasteiger partial charge in [-0.2, -0.15) is 0 Å². The van der Waals surface area contributed by atoms with E-state index in [2.05, 4.69) is 11.9 Å². The molecule has 8 nitrogen and oxygen atoms in total. The zero-order valence-electron chi connectivity index (χ0n) is 14.4. The minimum atomic E-state index is -0.726. The Balaban J connectivity index is 1.72. The molecule has 1 aromatic rings. The molecule has 0 aromatic heterocycles. The molecular weight excluding hydrogens is 340 g/mol. The number of ether oxygens (including phenoxy) is 3. The molecule has 0 saturated carbocycles. The lowest BCUT2D eigenvalue weighted by Crippen LogP contribution is -2.41. The molecule has 1 atom stereocenters. The highest BCUT2D eigenvalue weighted by atomic mass is 16.5. The van der Waals surface area contributed by atoms with Gasteiger partial charge in [0, 0.05) is 13.2 Å². The van der Waals surface area contributed by atoms with Gasteiger partial charge in [-0.05, 0) is 37.1 Å². The highest BCUT2D eigenvalue weighted by Crippen LogP contribution is 2.17. The lowest BCUT2D eigenvalue weighted by Gasteiger charge is -2.11. The lowest BCUT2D eigenvalue weighted by molar-refractivity contribution is -0.123. The zero-order chi connectivity index (χ0) is 18.8. The molecule has 0 aliphatic carbocycles. The summed E-state index contributed by atoms with van der Waals surface area (Å²) >= 11 is 0. The quantitative estimate of drug-likeness (QED) is 0.535. The van der Waals surface area contributed by atoms with Crippen LogP contribution in [0.3, 0.4) is 0 Å². The topological polar surface area (TPSA) is 103 Å². The molecule has 26 heavy (non-hydrogen) atoms. The van der Waals surface area contributed by atoms with Crippen LogP contribution in [-0.4, -0.2) is 50.4 Å². The Morgan fingerprint density at radius 2 is 2.04 bits per heavy atom. The van der Waals surface area contributed by atoms with Crippen LogP contribution < -0.4 is 15.4 Å². The number of urea groups is 1. The Morgan fingerprint density at radius 3 is 2.69 bits per heavy atom. The van der Waals surface area contributed by atoms with Crippen molar-refractivity contribution >= 4 is 17.9 Å². The molecule has 1 aromatic carbocycles. The number of nitrogens with one attached hydrogen (secondary N) is 2. The second kappa shape index (κ2) is 10.2. The molecular formula is C18H22N2O6. The maximum Gasteiger partial charge on any atom is 0.338 e. The maximum atomic E-state index is 11.9. The minimum absolute atomic E-state index is 0.113. The fourth-order valence-electron chi connectivity index (χ4n) is 2.24. The van der Waals surface area contributed by atoms with E-state index in [-0.39, 0.29) is 18.2 Å². The van der Waals surface area contributed by atoms with E-state index in [4.69, 9.17) is 14.2 Å². The number of amides is 3. The molecule has 3 amide bonds. The van der Waals surface area contributed by atoms with E-state index in [9.17, 15) is 14.4 Å². The molecule has 0 bridgehead atoms. The van der Waals surface area contributed by atoms with Crippen molar-refractivity contribution in [1.82, 2.24) is 10.6 Å². The Labute approximate surface area is 151 Å². The first-order chi connectivity index (χ1) is 12.6. The van der Waals surface area contributed by atoms with E-state index < -0.39 is 24.5 Å². The first kappa shape index (κ1) is 19.5. The van der Waals surface area contributed by atoms with Crippen LogP contribution in [0.1, 0.15) is 23.2 Å². The monoisotopic (exact) mass is 362 g/mol. The molecule has 1 aliphatic rings. The largest absolute Gasteiger partial charge is 0.491 e. The normalized spacial score (nSPS) is 15.8. The van der Waals surface area contributed by atoms with Crippen molar-refractivity contribution in [3.05, 3.63) is 42.5 Å². The summed E-state index contributed by atoms with van der Waals surface area (Å²) in [7, 11) is 0. The van der Waals surface area contributed by atoms with Crippen molar-refractivity contribution in [2.75, 3.05) is 26.4 Å². The van der Waals surface area contributed by atoms with E-state index in [0.29, 0.717) is 12.4 Å². The summed E-state index contributed by atoms with van der Waals surface area (Å²) < 4.78 is 15.9. The molecule has 1 fully saturated rings. The van der Waals surface area contributed by atoms with Crippen LogP contribution in [0.5, 0.6) is 5.75 Å². The molecule has 140 valence electrons. The van der Waals surface area contributed by atoms with Gasteiger partial charge < -0.3 is 19.5 Å². The first-order valence-electron chi connectivity index (χ1n) is 8.28. The summed E-state index contributed by atoms with van der Waals surface area (Å²) in [6.07, 6.45) is 3.61. The second-order valence-electron chi connectivity index (χ2n) is 5.59. The summed E-state index contributed by atoms with van der Waals surface area (Å²) in [5.41, 5.74) is 0.276. The van der Waals surface area contributed by atoms with Crippen LogP contribution in [0.15, 0.2) is 36.9 Å². The van der Waals surface area contributed by atoms with Crippen molar-refractivity contribution in [3.8, 4) is 5.75 Å². The van der Waals surface area contributed by atoms with Gasteiger partial charge in [0.2, 0.25) is 0 Å². The van der Waals surface area contributed by atoms with Crippen LogP contribution in [0.4, 0.5) is 4.79 Å². The number of hydrogen-bond donors (Lipinski definition) is 2. The average molecular weight is 362 g/mol. The van der Waals surface area contributed by atoms with Crippen molar-refractivity contribution in [3.63, 3.8) is 0 Å². The van der Waals surface area contributed by atoms with Crippen molar-refractivity contribution in [2.45, 2.75) is 18.9 Å². The van der Waals surface area contributed by atoms with Gasteiger partial charge in [0.05, 0.1) is 11.7 Å². The Morgan fingerprint density at radius 1 is 1.27 bits per heavy atom. The smallest absolute Gasteiger partial charge is 0.338 e. The number of hydrogen-bond acceptors (Lipinski definition) is 6. The van der Waals surface area contributed by atoms with Gasteiger partial charge in [-0.15, -0.1) is 6.58 Å². The number of esters is 1. The lowest BCUT2D eigenvalue weighted by atomic mass is 10.2. The van der Waals surface area contributed by atoms with Crippen LogP contribution in [0.25, 0.3) is 0 Å². The van der Waals surface area contributed by atoms with Gasteiger partial charge in [-0.1, -0.05) is 6.08 Å². The average Bonchev–Trinajstić information content (AvgIpc) is 3.16. The standard InChI is InChI=1S/C18H22N2O6/c1-2-9-19-18(23)20-16(21)12-26-17(22)13-5-7-14(8-6-13)25-11-15-4-3-10-24-15/h2,5-8,15H,1,3-4,9-12H2,(H2,19,20,21,23)/t15-/m0/s1. The van der Waals surface area contributed by atoms with Gasteiger partial charge in [-0.3, -0.25) is 10.1 Å². The van der Waals surface area contributed by atoms with Gasteiger partial charge in [0.1, 0.15) is 12.4 Å². The molecule has 1 aliphatic heterocycles. The highest BCUT2D eigenvalue weighted by molar-refractivity contribution is 5.97. The Hall–Kier alpha value is -2.87. The highest BCUT2D eigenvalue weighted by Gasteiger charge is 2.16. The third kappa shape index (κ3) is 6.56. The SMILES string of the molecule is C=CCNC(=O)NC(=O)COC(=O)c1ccc(OC[C@@H]2CCCO2)cc1. The van der Waals surface area contributed by atoms with Crippen LogP contribution >= 0.6 is 0 Å². The minimum Gasteiger partial charge on any atom is -0.491 e. The molecule has 0 unspecified atom stereocenters. The molecule has 8 heteroatoms. The van der Waals surface area contributed by atoms with E-state index in [1.807, 2.05) is 5.32 Å². The molecule has 0 radical (unpaired) electrons. The van der Waals surface area contributed by atoms with Crippen molar-refractivity contribution in [2.24, 2.45) is 0 Å². The number of carbonyl (C=O) groups is 3. The Bertz CT molecular complexity index is 638. The van der Waals surface area contributed by atoms with E-state index in [0.717, 1.165) is 19.4 Å².